The molecule has 0 aromatic heterocycles. The number of carboxylic acid groups (broad SMARTS) is 1. The first-order chi connectivity index (χ1) is 15.5. The topological polar surface area (TPSA) is 105 Å². The normalized spacial score (nSPS) is 11.5. The number of hydrazone groups is 1. The molecule has 7 nitrogen and oxygen atoms in total. The molecule has 3 aromatic carbocycles. The molecule has 0 saturated carbocycles. The molecule has 3 rings (SSSR count). The standard InChI is InChI=1S/C25H20N2O5/c1-32-20-14-12-17(13-15-20)22(28)16-21(25(30)31)26-27-23(18-8-4-2-5-9-18)24(29)19-10-6-3-7-11-19/h2-16,26H,1H3,(H,30,31). The summed E-state index contributed by atoms with van der Waals surface area (Å²) in [4.78, 5) is 37.2. The van der Waals surface area contributed by atoms with Crippen LogP contribution in [-0.2, 0) is 4.79 Å². The molecule has 0 bridgehead atoms. The number of carbonyl (C=O) groups is 3. The van der Waals surface area contributed by atoms with E-state index in [2.05, 4.69) is 10.5 Å². The van der Waals surface area contributed by atoms with Crippen LogP contribution in [0.1, 0.15) is 26.3 Å². The summed E-state index contributed by atoms with van der Waals surface area (Å²) in [5.74, 6) is -1.76. The van der Waals surface area contributed by atoms with Crippen molar-refractivity contribution in [3.8, 4) is 5.75 Å². The highest BCUT2D eigenvalue weighted by Gasteiger charge is 2.18. The van der Waals surface area contributed by atoms with Gasteiger partial charge in [0.2, 0.25) is 5.78 Å². The Morgan fingerprint density at radius 3 is 1.91 bits per heavy atom. The number of hydrogen-bond donors (Lipinski definition) is 2. The minimum atomic E-state index is -1.39. The van der Waals surface area contributed by atoms with Gasteiger partial charge in [-0.2, -0.15) is 5.10 Å². The number of benzene rings is 3. The average Bonchev–Trinajstić information content (AvgIpc) is 2.84. The van der Waals surface area contributed by atoms with Crippen LogP contribution in [0, 0.1) is 0 Å². The van der Waals surface area contributed by atoms with E-state index in [0.717, 1.165) is 6.08 Å². The van der Waals surface area contributed by atoms with Gasteiger partial charge in [0, 0.05) is 22.8 Å². The Kier molecular flexibility index (Phi) is 7.27. The van der Waals surface area contributed by atoms with E-state index in [9.17, 15) is 19.5 Å². The van der Waals surface area contributed by atoms with Gasteiger partial charge in [0.1, 0.15) is 17.2 Å². The summed E-state index contributed by atoms with van der Waals surface area (Å²) in [7, 11) is 1.50. The molecule has 2 N–H and O–H groups in total. The molecule has 0 fully saturated rings. The molecule has 0 unspecified atom stereocenters. The highest BCUT2D eigenvalue weighted by molar-refractivity contribution is 6.51. The average molecular weight is 428 g/mol. The second-order valence-electron chi connectivity index (χ2n) is 6.59. The van der Waals surface area contributed by atoms with E-state index in [1.165, 1.54) is 19.2 Å². The summed E-state index contributed by atoms with van der Waals surface area (Å²) in [6, 6.07) is 23.4. The van der Waals surface area contributed by atoms with Crippen LogP contribution in [0.5, 0.6) is 5.75 Å². The van der Waals surface area contributed by atoms with Gasteiger partial charge in [0.25, 0.3) is 0 Å². The monoisotopic (exact) mass is 428 g/mol. The quantitative estimate of drug-likeness (QED) is 0.233. The SMILES string of the molecule is COc1ccc(C(=O)C=C(NN=C(C(=O)c2ccccc2)c2ccccc2)C(=O)O)cc1. The molecule has 32 heavy (non-hydrogen) atoms. The van der Waals surface area contributed by atoms with E-state index < -0.39 is 23.2 Å². The van der Waals surface area contributed by atoms with Gasteiger partial charge in [-0.25, -0.2) is 4.79 Å². The molecule has 0 heterocycles. The molecule has 7 heteroatoms. The van der Waals surface area contributed by atoms with Crippen LogP contribution >= 0.6 is 0 Å². The highest BCUT2D eigenvalue weighted by atomic mass is 16.5. The Morgan fingerprint density at radius 1 is 0.812 bits per heavy atom. The maximum absolute atomic E-state index is 13.0. The summed E-state index contributed by atoms with van der Waals surface area (Å²) in [6.07, 6.45) is 0.920. The summed E-state index contributed by atoms with van der Waals surface area (Å²) >= 11 is 0. The molecule has 3 aromatic rings. The third-order valence-corrected chi connectivity index (χ3v) is 4.47. The Labute approximate surface area is 184 Å². The zero-order valence-electron chi connectivity index (χ0n) is 17.2. The lowest BCUT2D eigenvalue weighted by Gasteiger charge is -2.08. The summed E-state index contributed by atoms with van der Waals surface area (Å²) in [6.45, 7) is 0. The van der Waals surface area contributed by atoms with E-state index in [4.69, 9.17) is 4.74 Å². The number of aliphatic carboxylic acids is 1. The van der Waals surface area contributed by atoms with Crippen LogP contribution in [0.4, 0.5) is 0 Å². The van der Waals surface area contributed by atoms with Crippen molar-refractivity contribution in [2.45, 2.75) is 0 Å². The predicted octanol–water partition coefficient (Wildman–Crippen LogP) is 3.72. The number of carboxylic acids is 1. The molecular formula is C25H20N2O5. The zero-order valence-corrected chi connectivity index (χ0v) is 17.2. The smallest absolute Gasteiger partial charge is 0.353 e. The lowest BCUT2D eigenvalue weighted by atomic mass is 10.0. The van der Waals surface area contributed by atoms with Crippen LogP contribution in [-0.4, -0.2) is 35.5 Å². The van der Waals surface area contributed by atoms with Crippen molar-refractivity contribution in [2.75, 3.05) is 7.11 Å². The van der Waals surface area contributed by atoms with Crippen LogP contribution in [0.25, 0.3) is 0 Å². The molecule has 0 radical (unpaired) electrons. The van der Waals surface area contributed by atoms with Gasteiger partial charge in [0.15, 0.2) is 5.78 Å². The van der Waals surface area contributed by atoms with Gasteiger partial charge >= 0.3 is 5.97 Å². The fraction of sp³-hybridized carbons (Fsp3) is 0.0400. The zero-order chi connectivity index (χ0) is 22.9. The highest BCUT2D eigenvalue weighted by Crippen LogP contribution is 2.13. The third kappa shape index (κ3) is 5.54. The van der Waals surface area contributed by atoms with Crippen molar-refractivity contribution in [2.24, 2.45) is 5.10 Å². The first-order valence-electron chi connectivity index (χ1n) is 9.62. The van der Waals surface area contributed by atoms with Crippen LogP contribution < -0.4 is 10.2 Å². The van der Waals surface area contributed by atoms with Crippen molar-refractivity contribution in [1.29, 1.82) is 0 Å². The van der Waals surface area contributed by atoms with Gasteiger partial charge in [0.05, 0.1) is 7.11 Å². The van der Waals surface area contributed by atoms with E-state index in [0.29, 0.717) is 16.9 Å². The van der Waals surface area contributed by atoms with E-state index in [1.54, 1.807) is 72.8 Å². The molecule has 0 atom stereocenters. The van der Waals surface area contributed by atoms with Crippen molar-refractivity contribution < 1.29 is 24.2 Å². The molecule has 0 amide bonds. The van der Waals surface area contributed by atoms with Crippen LogP contribution in [0.2, 0.25) is 0 Å². The number of carbonyl (C=O) groups excluding carboxylic acids is 2. The van der Waals surface area contributed by atoms with Gasteiger partial charge < -0.3 is 9.84 Å². The summed E-state index contributed by atoms with van der Waals surface area (Å²) < 4.78 is 5.05. The fourth-order valence-corrected chi connectivity index (χ4v) is 2.80. The largest absolute Gasteiger partial charge is 0.497 e. The Hall–Kier alpha value is -4.52. The second kappa shape index (κ2) is 10.5. The van der Waals surface area contributed by atoms with Gasteiger partial charge in [-0.1, -0.05) is 60.7 Å². The number of hydrogen-bond acceptors (Lipinski definition) is 6. The second-order valence-corrected chi connectivity index (χ2v) is 6.59. The molecule has 0 aliphatic heterocycles. The maximum atomic E-state index is 13.0. The maximum Gasteiger partial charge on any atom is 0.353 e. The minimum absolute atomic E-state index is 0.0147. The number of methoxy groups -OCH3 is 1. The Bertz CT molecular complexity index is 1170. The summed E-state index contributed by atoms with van der Waals surface area (Å²) in [5.41, 5.74) is 3.09. The number of nitrogens with one attached hydrogen (secondary N) is 1. The predicted molar refractivity (Wildman–Crippen MR) is 120 cm³/mol. The lowest BCUT2D eigenvalue weighted by Crippen LogP contribution is -2.23. The van der Waals surface area contributed by atoms with Crippen LogP contribution in [0.3, 0.4) is 0 Å². The Morgan fingerprint density at radius 2 is 1.38 bits per heavy atom. The van der Waals surface area contributed by atoms with Crippen molar-refractivity contribution in [3.05, 3.63) is 113 Å². The third-order valence-electron chi connectivity index (χ3n) is 4.47. The molecule has 0 aliphatic carbocycles. The van der Waals surface area contributed by atoms with Crippen molar-refractivity contribution in [1.82, 2.24) is 5.43 Å². The fourth-order valence-electron chi connectivity index (χ4n) is 2.80. The number of rotatable bonds is 9. The molecule has 0 spiro atoms. The number of ether oxygens (including phenoxy) is 1. The first kappa shape index (κ1) is 22.2. The Balaban J connectivity index is 1.93. The molecule has 160 valence electrons. The van der Waals surface area contributed by atoms with Crippen LogP contribution in [0.15, 0.2) is 102 Å². The lowest BCUT2D eigenvalue weighted by molar-refractivity contribution is -0.133. The summed E-state index contributed by atoms with van der Waals surface area (Å²) in [5, 5.41) is 13.6. The van der Waals surface area contributed by atoms with E-state index >= 15 is 0 Å². The van der Waals surface area contributed by atoms with Crippen molar-refractivity contribution >= 4 is 23.2 Å². The minimum Gasteiger partial charge on any atom is -0.497 e. The molecule has 0 saturated heterocycles. The van der Waals surface area contributed by atoms with E-state index in [1.807, 2.05) is 0 Å². The molecular weight excluding hydrogens is 408 g/mol. The number of ketones is 2. The number of nitrogens with zero attached hydrogens (tertiary/aromatic N) is 1. The van der Waals surface area contributed by atoms with Crippen molar-refractivity contribution in [3.63, 3.8) is 0 Å². The number of allylic oxidation sites excluding steroid dienone is 1. The van der Waals surface area contributed by atoms with Gasteiger partial charge in [-0.05, 0) is 24.3 Å². The van der Waals surface area contributed by atoms with E-state index in [-0.39, 0.29) is 11.3 Å². The van der Waals surface area contributed by atoms with Gasteiger partial charge in [-0.15, -0.1) is 0 Å². The van der Waals surface area contributed by atoms with Gasteiger partial charge in [-0.3, -0.25) is 15.0 Å². The number of Topliss-reactive ketones (excluding diaryl/α,β-unsaturated/α-hetero) is 1. The first-order valence-corrected chi connectivity index (χ1v) is 9.62. The molecule has 0 aliphatic rings.